The summed E-state index contributed by atoms with van der Waals surface area (Å²) in [7, 11) is -4.03. The highest BCUT2D eigenvalue weighted by molar-refractivity contribution is 7.89. The van der Waals surface area contributed by atoms with Gasteiger partial charge in [0.05, 0.1) is 30.1 Å². The lowest BCUT2D eigenvalue weighted by atomic mass is 10.2. The molecule has 0 aromatic carbocycles. The lowest BCUT2D eigenvalue weighted by Gasteiger charge is -2.10. The van der Waals surface area contributed by atoms with Gasteiger partial charge >= 0.3 is 6.18 Å². The molecule has 120 valence electrons. The maximum absolute atomic E-state index is 12.1. The molecular weight excluding hydrogens is 339 g/mol. The van der Waals surface area contributed by atoms with Crippen LogP contribution in [0.15, 0.2) is 29.2 Å². The highest BCUT2D eigenvalue weighted by atomic mass is 32.2. The van der Waals surface area contributed by atoms with Crippen LogP contribution in [0.1, 0.15) is 12.1 Å². The first-order valence-electron chi connectivity index (χ1n) is 6.13. The van der Waals surface area contributed by atoms with Gasteiger partial charge in [-0.15, -0.1) is 0 Å². The van der Waals surface area contributed by atoms with Crippen molar-refractivity contribution in [1.29, 1.82) is 0 Å². The van der Waals surface area contributed by atoms with Crippen LogP contribution in [0, 0.1) is 0 Å². The van der Waals surface area contributed by atoms with Crippen molar-refractivity contribution in [3.8, 4) is 11.3 Å². The summed E-state index contributed by atoms with van der Waals surface area (Å²) in [4.78, 5) is 8.18. The molecule has 5 nitrogen and oxygen atoms in total. The summed E-state index contributed by atoms with van der Waals surface area (Å²) < 4.78 is 61.6. The van der Waals surface area contributed by atoms with Crippen LogP contribution in [0.2, 0.25) is 0 Å². The van der Waals surface area contributed by atoms with E-state index in [1.165, 1.54) is 23.7 Å². The van der Waals surface area contributed by atoms with Crippen molar-refractivity contribution in [1.82, 2.24) is 14.7 Å². The van der Waals surface area contributed by atoms with Crippen molar-refractivity contribution in [2.24, 2.45) is 0 Å². The highest BCUT2D eigenvalue weighted by Crippen LogP contribution is 2.23. The topological polar surface area (TPSA) is 72.0 Å². The average molecular weight is 351 g/mol. The highest BCUT2D eigenvalue weighted by Gasteiger charge is 2.29. The van der Waals surface area contributed by atoms with Crippen molar-refractivity contribution in [2.75, 3.05) is 5.75 Å². The lowest BCUT2D eigenvalue weighted by Crippen LogP contribution is -2.29. The maximum atomic E-state index is 12.1. The molecule has 22 heavy (non-hydrogen) atoms. The van der Waals surface area contributed by atoms with Crippen LogP contribution < -0.4 is 4.72 Å². The minimum atomic E-state index is -4.51. The smallest absolute Gasteiger partial charge is 0.256 e. The molecule has 2 rings (SSSR count). The van der Waals surface area contributed by atoms with Gasteiger partial charge in [-0.25, -0.2) is 13.1 Å². The van der Waals surface area contributed by atoms with Gasteiger partial charge in [-0.05, 0) is 11.4 Å². The molecule has 10 heteroatoms. The fourth-order valence-corrected chi connectivity index (χ4v) is 3.28. The third-order valence-electron chi connectivity index (χ3n) is 2.68. The van der Waals surface area contributed by atoms with Gasteiger partial charge in [0, 0.05) is 23.3 Å². The Kier molecular flexibility index (Phi) is 5.14. The SMILES string of the molecule is O=S(=O)(CCC(F)(F)F)NCc1nccnc1-c1ccsc1. The molecule has 0 fully saturated rings. The lowest BCUT2D eigenvalue weighted by molar-refractivity contribution is -0.129. The van der Waals surface area contributed by atoms with E-state index in [9.17, 15) is 21.6 Å². The second kappa shape index (κ2) is 6.71. The van der Waals surface area contributed by atoms with Crippen LogP contribution in [0.3, 0.4) is 0 Å². The summed E-state index contributed by atoms with van der Waals surface area (Å²) in [5, 5.41) is 3.66. The summed E-state index contributed by atoms with van der Waals surface area (Å²) in [5.74, 6) is -1.01. The van der Waals surface area contributed by atoms with Crippen molar-refractivity contribution in [2.45, 2.75) is 19.1 Å². The Morgan fingerprint density at radius 2 is 1.95 bits per heavy atom. The number of alkyl halides is 3. The maximum Gasteiger partial charge on any atom is 0.390 e. The molecule has 0 bridgehead atoms. The fraction of sp³-hybridized carbons (Fsp3) is 0.333. The van der Waals surface area contributed by atoms with Crippen LogP contribution in [-0.2, 0) is 16.6 Å². The van der Waals surface area contributed by atoms with E-state index in [0.29, 0.717) is 11.4 Å². The van der Waals surface area contributed by atoms with Crippen molar-refractivity contribution in [3.63, 3.8) is 0 Å². The van der Waals surface area contributed by atoms with E-state index in [0.717, 1.165) is 5.56 Å². The first kappa shape index (κ1) is 16.8. The number of nitrogens with zero attached hydrogens (tertiary/aromatic N) is 2. The molecule has 1 N–H and O–H groups in total. The Balaban J connectivity index is 2.06. The van der Waals surface area contributed by atoms with Crippen molar-refractivity contribution < 1.29 is 21.6 Å². The van der Waals surface area contributed by atoms with Crippen molar-refractivity contribution >= 4 is 21.4 Å². The number of rotatable bonds is 6. The molecule has 0 radical (unpaired) electrons. The second-order valence-corrected chi connectivity index (χ2v) is 7.08. The molecule has 0 spiro atoms. The number of aromatic nitrogens is 2. The van der Waals surface area contributed by atoms with Gasteiger partial charge in [0.25, 0.3) is 0 Å². The Labute approximate surface area is 129 Å². The molecule has 2 aromatic rings. The van der Waals surface area contributed by atoms with Crippen LogP contribution in [0.25, 0.3) is 11.3 Å². The number of sulfonamides is 1. The Morgan fingerprint density at radius 3 is 2.59 bits per heavy atom. The van der Waals surface area contributed by atoms with Crippen LogP contribution in [-0.4, -0.2) is 30.3 Å². The molecular formula is C12H12F3N3O2S2. The van der Waals surface area contributed by atoms with E-state index < -0.39 is 28.4 Å². The van der Waals surface area contributed by atoms with Gasteiger partial charge in [-0.3, -0.25) is 9.97 Å². The number of hydrogen-bond acceptors (Lipinski definition) is 5. The van der Waals surface area contributed by atoms with E-state index in [4.69, 9.17) is 0 Å². The van der Waals surface area contributed by atoms with Gasteiger partial charge in [-0.2, -0.15) is 24.5 Å². The van der Waals surface area contributed by atoms with Crippen molar-refractivity contribution in [3.05, 3.63) is 34.9 Å². The molecule has 0 saturated carbocycles. The molecule has 0 aliphatic carbocycles. The summed E-state index contributed by atoms with van der Waals surface area (Å²) in [6.45, 7) is -0.209. The molecule has 0 unspecified atom stereocenters. The first-order chi connectivity index (χ1) is 10.3. The summed E-state index contributed by atoms with van der Waals surface area (Å²) in [6.07, 6.45) is -3.03. The van der Waals surface area contributed by atoms with E-state index in [1.54, 1.807) is 6.07 Å². The fourth-order valence-electron chi connectivity index (χ4n) is 1.64. The van der Waals surface area contributed by atoms with Gasteiger partial charge in [0.1, 0.15) is 0 Å². The van der Waals surface area contributed by atoms with Crippen LogP contribution in [0.4, 0.5) is 13.2 Å². The summed E-state index contributed by atoms with van der Waals surface area (Å²) in [5.41, 5.74) is 1.64. The number of halogens is 3. The molecule has 0 amide bonds. The average Bonchev–Trinajstić information content (AvgIpc) is 2.97. The summed E-state index contributed by atoms with van der Waals surface area (Å²) in [6, 6.07) is 1.80. The van der Waals surface area contributed by atoms with Crippen LogP contribution >= 0.6 is 11.3 Å². The molecule has 2 heterocycles. The van der Waals surface area contributed by atoms with Gasteiger partial charge in [-0.1, -0.05) is 0 Å². The van der Waals surface area contributed by atoms with Gasteiger partial charge in [0.2, 0.25) is 10.0 Å². The Morgan fingerprint density at radius 1 is 1.23 bits per heavy atom. The first-order valence-corrected chi connectivity index (χ1v) is 8.73. The van der Waals surface area contributed by atoms with Gasteiger partial charge < -0.3 is 0 Å². The predicted molar refractivity (Wildman–Crippen MR) is 76.6 cm³/mol. The van der Waals surface area contributed by atoms with E-state index in [2.05, 4.69) is 14.7 Å². The molecule has 0 atom stereocenters. The zero-order valence-electron chi connectivity index (χ0n) is 11.2. The van der Waals surface area contributed by atoms with E-state index >= 15 is 0 Å². The zero-order valence-corrected chi connectivity index (χ0v) is 12.8. The standard InChI is InChI=1S/C12H12F3N3O2S2/c13-12(14,15)2-6-22(19,20)18-7-10-11(17-4-3-16-10)9-1-5-21-8-9/h1,3-5,8,18H,2,6-7H2. The molecule has 2 aromatic heterocycles. The minimum Gasteiger partial charge on any atom is -0.256 e. The number of thiophene rings is 1. The largest absolute Gasteiger partial charge is 0.390 e. The predicted octanol–water partition coefficient (Wildman–Crippen LogP) is 2.58. The third-order valence-corrected chi connectivity index (χ3v) is 4.69. The summed E-state index contributed by atoms with van der Waals surface area (Å²) >= 11 is 1.45. The van der Waals surface area contributed by atoms with Crippen LogP contribution in [0.5, 0.6) is 0 Å². The second-order valence-electron chi connectivity index (χ2n) is 4.37. The van der Waals surface area contributed by atoms with E-state index in [1.807, 2.05) is 10.8 Å². The molecule has 0 saturated heterocycles. The number of hydrogen-bond donors (Lipinski definition) is 1. The normalized spacial score (nSPS) is 12.5. The molecule has 0 aliphatic rings. The quantitative estimate of drug-likeness (QED) is 0.868. The zero-order chi connectivity index (χ0) is 16.2. The molecule has 0 aliphatic heterocycles. The monoisotopic (exact) mass is 351 g/mol. The van der Waals surface area contributed by atoms with E-state index in [-0.39, 0.29) is 6.54 Å². The Bertz CT molecular complexity index is 715. The Hall–Kier alpha value is -1.52. The third kappa shape index (κ3) is 5.04. The minimum absolute atomic E-state index is 0.209. The van der Waals surface area contributed by atoms with Gasteiger partial charge in [0.15, 0.2) is 0 Å². The number of nitrogens with one attached hydrogen (secondary N) is 1.